The number of carbonyl (C=O) groups excluding carboxylic acids is 1. The van der Waals surface area contributed by atoms with Crippen LogP contribution >= 0.6 is 0 Å². The molecule has 0 spiro atoms. The van der Waals surface area contributed by atoms with Crippen molar-refractivity contribution >= 4 is 38.3 Å². The Morgan fingerprint density at radius 2 is 1.69 bits per heavy atom. The number of halogens is 4. The van der Waals surface area contributed by atoms with Crippen molar-refractivity contribution in [2.45, 2.75) is 44.7 Å². The number of hydrogen-bond donors (Lipinski definition) is 1. The maximum atomic E-state index is 16.3. The molecule has 0 atom stereocenters. The summed E-state index contributed by atoms with van der Waals surface area (Å²) in [5, 5.41) is -0.160. The molecule has 5 rings (SSSR count). The molecule has 0 radical (unpaired) electrons. The smallest absolute Gasteiger partial charge is 0.384 e. The standard InChI is InChI=1S/C32H33F4N7O4S/c1-7-22(44)41-10-12-42(13-11-41)28-19-15-20(33)25(26-23(32(34,35)36)18(5)14-21(37)39-26)40-30(19)43(31(45)29(28)48(6,46)47)27-17(4)8-9-38-24(27)16(2)3/h7-9,14-16H,1,10-13H2,2-6H3,(H2,37,39). The third-order valence-electron chi connectivity index (χ3n) is 8.16. The number of hydrogen-bond acceptors (Lipinski definition) is 9. The summed E-state index contributed by atoms with van der Waals surface area (Å²) in [5.41, 5.74) is 1.92. The van der Waals surface area contributed by atoms with Crippen LogP contribution in [0.3, 0.4) is 0 Å². The van der Waals surface area contributed by atoms with Crippen molar-refractivity contribution in [1.82, 2.24) is 24.4 Å². The van der Waals surface area contributed by atoms with Gasteiger partial charge in [-0.05, 0) is 55.2 Å². The first-order chi connectivity index (χ1) is 22.4. The highest BCUT2D eigenvalue weighted by atomic mass is 32.2. The van der Waals surface area contributed by atoms with E-state index in [2.05, 4.69) is 21.5 Å². The molecule has 1 fully saturated rings. The average Bonchev–Trinajstić information content (AvgIpc) is 2.98. The molecule has 11 nitrogen and oxygen atoms in total. The zero-order chi connectivity index (χ0) is 35.5. The van der Waals surface area contributed by atoms with E-state index in [0.29, 0.717) is 11.3 Å². The molecular weight excluding hydrogens is 654 g/mol. The first-order valence-electron chi connectivity index (χ1n) is 14.8. The number of piperazine rings is 1. The summed E-state index contributed by atoms with van der Waals surface area (Å²) in [6, 6.07) is 3.45. The lowest BCUT2D eigenvalue weighted by Gasteiger charge is -2.37. The zero-order valence-electron chi connectivity index (χ0n) is 26.8. The van der Waals surface area contributed by atoms with Gasteiger partial charge in [0, 0.05) is 44.0 Å². The maximum absolute atomic E-state index is 16.3. The molecule has 5 heterocycles. The van der Waals surface area contributed by atoms with Crippen molar-refractivity contribution in [2.75, 3.05) is 43.1 Å². The number of rotatable bonds is 6. The Kier molecular flexibility index (Phi) is 8.84. The molecule has 4 aromatic rings. The number of pyridine rings is 4. The number of nitrogens with two attached hydrogens (primary N) is 1. The number of sulfone groups is 1. The zero-order valence-corrected chi connectivity index (χ0v) is 27.6. The normalized spacial score (nSPS) is 14.2. The topological polar surface area (TPSA) is 144 Å². The first kappa shape index (κ1) is 34.5. The molecule has 1 saturated heterocycles. The summed E-state index contributed by atoms with van der Waals surface area (Å²) < 4.78 is 87.4. The molecule has 48 heavy (non-hydrogen) atoms. The number of alkyl halides is 3. The summed E-state index contributed by atoms with van der Waals surface area (Å²) in [6.07, 6.45) is -1.50. The predicted octanol–water partition coefficient (Wildman–Crippen LogP) is 4.56. The van der Waals surface area contributed by atoms with Gasteiger partial charge in [0.1, 0.15) is 17.2 Å². The van der Waals surface area contributed by atoms with Crippen LogP contribution in [0.4, 0.5) is 29.1 Å². The van der Waals surface area contributed by atoms with Crippen molar-refractivity contribution < 1.29 is 30.8 Å². The molecule has 16 heteroatoms. The lowest BCUT2D eigenvalue weighted by molar-refractivity contribution is -0.137. The van der Waals surface area contributed by atoms with Gasteiger partial charge in [-0.2, -0.15) is 13.2 Å². The molecule has 4 aromatic heterocycles. The molecule has 2 N–H and O–H groups in total. The van der Waals surface area contributed by atoms with Crippen LogP contribution < -0.4 is 16.2 Å². The third kappa shape index (κ3) is 6.00. The minimum absolute atomic E-state index is 0.0430. The number of amides is 1. The number of anilines is 2. The second-order valence-electron chi connectivity index (χ2n) is 11.9. The van der Waals surface area contributed by atoms with Crippen LogP contribution in [0.25, 0.3) is 28.1 Å². The number of carbonyl (C=O) groups is 1. The second-order valence-corrected chi connectivity index (χ2v) is 13.9. The molecule has 1 amide bonds. The van der Waals surface area contributed by atoms with Gasteiger partial charge in [0.05, 0.1) is 22.6 Å². The Balaban J connectivity index is 1.99. The molecule has 0 bridgehead atoms. The Morgan fingerprint density at radius 3 is 2.25 bits per heavy atom. The van der Waals surface area contributed by atoms with Gasteiger partial charge in [-0.3, -0.25) is 19.1 Å². The number of nitrogens with zero attached hydrogens (tertiary/aromatic N) is 6. The van der Waals surface area contributed by atoms with Crippen LogP contribution in [0.5, 0.6) is 0 Å². The van der Waals surface area contributed by atoms with E-state index in [1.807, 2.05) is 0 Å². The van der Waals surface area contributed by atoms with Gasteiger partial charge >= 0.3 is 6.18 Å². The van der Waals surface area contributed by atoms with Crippen LogP contribution in [0.2, 0.25) is 0 Å². The summed E-state index contributed by atoms with van der Waals surface area (Å²) in [4.78, 5) is 41.8. The van der Waals surface area contributed by atoms with E-state index in [4.69, 9.17) is 5.73 Å². The molecule has 1 aliphatic rings. The van der Waals surface area contributed by atoms with E-state index in [1.165, 1.54) is 16.0 Å². The molecule has 1 aliphatic heterocycles. The molecule has 0 unspecified atom stereocenters. The van der Waals surface area contributed by atoms with E-state index >= 15 is 4.39 Å². The van der Waals surface area contributed by atoms with Gasteiger partial charge in [0.25, 0.3) is 5.56 Å². The highest BCUT2D eigenvalue weighted by Crippen LogP contribution is 2.41. The largest absolute Gasteiger partial charge is 0.418 e. The minimum Gasteiger partial charge on any atom is -0.384 e. The van der Waals surface area contributed by atoms with Crippen molar-refractivity contribution in [1.29, 1.82) is 0 Å². The first-order valence-corrected chi connectivity index (χ1v) is 16.7. The van der Waals surface area contributed by atoms with E-state index in [1.54, 1.807) is 26.8 Å². The SMILES string of the molecule is C=CC(=O)N1CCN(c2c(S(C)(=O)=O)c(=O)n(-c3c(C)ccnc3C(C)C)c3nc(-c4nc(N)cc(C)c4C(F)(F)F)c(F)cc23)CC1. The lowest BCUT2D eigenvalue weighted by Crippen LogP contribution is -2.49. The number of aromatic nitrogens is 4. The summed E-state index contributed by atoms with van der Waals surface area (Å²) in [6.45, 7) is 10.2. The van der Waals surface area contributed by atoms with Crippen LogP contribution in [-0.4, -0.2) is 71.2 Å². The van der Waals surface area contributed by atoms with Gasteiger partial charge in [0.2, 0.25) is 5.91 Å². The minimum atomic E-state index is -4.98. The number of nitrogen functional groups attached to an aromatic ring is 1. The molecule has 0 aromatic carbocycles. The Hall–Kier alpha value is -4.86. The fraction of sp³-hybridized carbons (Fsp3) is 0.344. The van der Waals surface area contributed by atoms with Gasteiger partial charge in [-0.1, -0.05) is 20.4 Å². The van der Waals surface area contributed by atoms with Crippen molar-refractivity contribution in [3.8, 4) is 17.1 Å². The van der Waals surface area contributed by atoms with E-state index in [-0.39, 0.29) is 71.8 Å². The maximum Gasteiger partial charge on any atom is 0.418 e. The van der Waals surface area contributed by atoms with Gasteiger partial charge < -0.3 is 15.5 Å². The third-order valence-corrected chi connectivity index (χ3v) is 9.27. The summed E-state index contributed by atoms with van der Waals surface area (Å²) in [7, 11) is -4.35. The molecular formula is C32H33F4N7O4S. The van der Waals surface area contributed by atoms with E-state index in [0.717, 1.165) is 36.0 Å². The van der Waals surface area contributed by atoms with Crippen LogP contribution in [0.1, 0.15) is 42.1 Å². The Morgan fingerprint density at radius 1 is 1.04 bits per heavy atom. The fourth-order valence-corrected chi connectivity index (χ4v) is 7.06. The van der Waals surface area contributed by atoms with Crippen molar-refractivity contribution in [3.63, 3.8) is 0 Å². The number of fused-ring (bicyclic) bond motifs is 1. The molecule has 254 valence electrons. The van der Waals surface area contributed by atoms with Crippen LogP contribution in [0, 0.1) is 19.7 Å². The lowest BCUT2D eigenvalue weighted by atomic mass is 10.0. The van der Waals surface area contributed by atoms with E-state index < -0.39 is 49.2 Å². The molecule has 0 aliphatic carbocycles. The molecule has 0 saturated carbocycles. The summed E-state index contributed by atoms with van der Waals surface area (Å²) >= 11 is 0. The van der Waals surface area contributed by atoms with Crippen LogP contribution in [0.15, 0.2) is 46.7 Å². The average molecular weight is 688 g/mol. The fourth-order valence-electron chi connectivity index (χ4n) is 6.06. The van der Waals surface area contributed by atoms with Crippen molar-refractivity contribution in [3.05, 3.63) is 75.6 Å². The summed E-state index contributed by atoms with van der Waals surface area (Å²) in [5.74, 6) is -2.24. The predicted molar refractivity (Wildman–Crippen MR) is 173 cm³/mol. The van der Waals surface area contributed by atoms with Gasteiger partial charge in [0.15, 0.2) is 26.2 Å². The Bertz CT molecular complexity index is 2160. The number of aryl methyl sites for hydroxylation is 2. The Labute approximate surface area is 273 Å². The monoisotopic (exact) mass is 687 g/mol. The van der Waals surface area contributed by atoms with Crippen molar-refractivity contribution in [2.24, 2.45) is 0 Å². The van der Waals surface area contributed by atoms with Crippen LogP contribution in [-0.2, 0) is 20.8 Å². The van der Waals surface area contributed by atoms with E-state index in [9.17, 15) is 31.2 Å². The second kappa shape index (κ2) is 12.3. The highest BCUT2D eigenvalue weighted by molar-refractivity contribution is 7.90. The quantitative estimate of drug-likeness (QED) is 0.228. The van der Waals surface area contributed by atoms with Gasteiger partial charge in [-0.15, -0.1) is 0 Å². The highest BCUT2D eigenvalue weighted by Gasteiger charge is 2.39. The van der Waals surface area contributed by atoms with Gasteiger partial charge in [-0.25, -0.2) is 22.8 Å².